The van der Waals surface area contributed by atoms with Gasteiger partial charge in [-0.2, -0.15) is 13.2 Å². The quantitative estimate of drug-likeness (QED) is 0.437. The van der Waals surface area contributed by atoms with E-state index in [0.717, 1.165) is 23.3 Å². The molecule has 2 heterocycles. The van der Waals surface area contributed by atoms with Crippen LogP contribution in [0.5, 0.6) is 11.5 Å². The van der Waals surface area contributed by atoms with Gasteiger partial charge in [0.2, 0.25) is 5.91 Å². The summed E-state index contributed by atoms with van der Waals surface area (Å²) >= 11 is 0. The molecule has 206 valence electrons. The molecule has 2 N–H and O–H groups in total. The molecule has 2 bridgehead atoms. The van der Waals surface area contributed by atoms with Gasteiger partial charge in [-0.15, -0.1) is 6.58 Å². The minimum atomic E-state index is -4.54. The van der Waals surface area contributed by atoms with Crippen LogP contribution in [0.4, 0.5) is 13.2 Å². The summed E-state index contributed by atoms with van der Waals surface area (Å²) in [6.07, 6.45) is 1.09. The van der Waals surface area contributed by atoms with Crippen LogP contribution in [0.1, 0.15) is 41.5 Å². The highest BCUT2D eigenvalue weighted by Crippen LogP contribution is 2.65. The Hall–Kier alpha value is -3.30. The van der Waals surface area contributed by atoms with E-state index in [0.29, 0.717) is 44.5 Å². The number of hydrogen-bond donors (Lipinski definition) is 2. The summed E-state index contributed by atoms with van der Waals surface area (Å²) in [4.78, 5) is 17.1. The maximum atomic E-state index is 13.4. The second-order valence-corrected chi connectivity index (χ2v) is 11.1. The van der Waals surface area contributed by atoms with E-state index >= 15 is 0 Å². The first-order chi connectivity index (χ1) is 18.5. The molecule has 4 aliphatic rings. The number of benzene rings is 2. The van der Waals surface area contributed by atoms with E-state index in [4.69, 9.17) is 4.74 Å². The van der Waals surface area contributed by atoms with Crippen LogP contribution in [0.25, 0.3) is 6.08 Å². The fourth-order valence-electron chi connectivity index (χ4n) is 7.73. The van der Waals surface area contributed by atoms with Crippen molar-refractivity contribution >= 4 is 12.0 Å². The Balaban J connectivity index is 1.36. The highest BCUT2D eigenvalue weighted by Gasteiger charge is 2.73. The molecule has 2 aliphatic heterocycles. The van der Waals surface area contributed by atoms with E-state index < -0.39 is 40.8 Å². The van der Waals surface area contributed by atoms with E-state index in [9.17, 15) is 28.2 Å². The maximum Gasteiger partial charge on any atom is 0.416 e. The molecule has 39 heavy (non-hydrogen) atoms. The van der Waals surface area contributed by atoms with Crippen LogP contribution in [0, 0.1) is 0 Å². The van der Waals surface area contributed by atoms with E-state index in [1.165, 1.54) is 29.2 Å². The Morgan fingerprint density at radius 3 is 2.77 bits per heavy atom. The monoisotopic (exact) mass is 540 g/mol. The van der Waals surface area contributed by atoms with Crippen LogP contribution in [0.2, 0.25) is 0 Å². The predicted molar refractivity (Wildman–Crippen MR) is 139 cm³/mol. The van der Waals surface area contributed by atoms with Gasteiger partial charge in [0, 0.05) is 31.3 Å². The zero-order valence-electron chi connectivity index (χ0n) is 21.6. The Morgan fingerprint density at radius 2 is 2.03 bits per heavy atom. The number of halogens is 3. The Bertz CT molecular complexity index is 1370. The van der Waals surface area contributed by atoms with E-state index in [2.05, 4.69) is 11.5 Å². The van der Waals surface area contributed by atoms with Gasteiger partial charge in [-0.3, -0.25) is 9.69 Å². The van der Waals surface area contributed by atoms with Gasteiger partial charge in [0.05, 0.1) is 22.6 Å². The summed E-state index contributed by atoms with van der Waals surface area (Å²) in [5.74, 6) is -0.0866. The smallest absolute Gasteiger partial charge is 0.416 e. The molecule has 1 spiro atoms. The summed E-state index contributed by atoms with van der Waals surface area (Å²) in [6, 6.07) is 8.01. The maximum absolute atomic E-state index is 13.4. The lowest BCUT2D eigenvalue weighted by atomic mass is 9.48. The number of ether oxygens (including phenoxy) is 1. The summed E-state index contributed by atoms with van der Waals surface area (Å²) in [5, 5.41) is 23.2. The van der Waals surface area contributed by atoms with Gasteiger partial charge < -0.3 is 19.8 Å². The number of alkyl halides is 3. The summed E-state index contributed by atoms with van der Waals surface area (Å²) in [5.41, 5.74) is -0.993. The molecule has 6 nitrogen and oxygen atoms in total. The number of carbonyl (C=O) groups excluding carboxylic acids is 1. The van der Waals surface area contributed by atoms with Gasteiger partial charge in [-0.05, 0) is 61.6 Å². The number of hydrogen-bond acceptors (Lipinski definition) is 5. The number of carbonyl (C=O) groups is 1. The van der Waals surface area contributed by atoms with Crippen LogP contribution in [-0.4, -0.2) is 69.8 Å². The van der Waals surface area contributed by atoms with Crippen molar-refractivity contribution in [1.82, 2.24) is 9.80 Å². The van der Waals surface area contributed by atoms with Crippen LogP contribution < -0.4 is 4.74 Å². The van der Waals surface area contributed by atoms with Crippen molar-refractivity contribution in [3.05, 3.63) is 77.4 Å². The lowest BCUT2D eigenvalue weighted by Crippen LogP contribution is -2.78. The first-order valence-corrected chi connectivity index (χ1v) is 13.2. The third-order valence-electron chi connectivity index (χ3n) is 9.42. The molecule has 9 heteroatoms. The summed E-state index contributed by atoms with van der Waals surface area (Å²) in [7, 11) is 1.62. The molecule has 2 aromatic carbocycles. The molecule has 6 rings (SSSR count). The van der Waals surface area contributed by atoms with Gasteiger partial charge in [0.25, 0.3) is 0 Å². The normalized spacial score (nSPS) is 31.1. The number of phenols is 1. The fourth-order valence-corrected chi connectivity index (χ4v) is 7.73. The average Bonchev–Trinajstić information content (AvgIpc) is 3.25. The zero-order chi connectivity index (χ0) is 27.7. The van der Waals surface area contributed by atoms with Crippen molar-refractivity contribution < 1.29 is 32.9 Å². The molecule has 1 saturated carbocycles. The van der Waals surface area contributed by atoms with Gasteiger partial charge in [-0.25, -0.2) is 0 Å². The number of rotatable bonds is 5. The van der Waals surface area contributed by atoms with E-state index in [1.807, 2.05) is 12.1 Å². The first kappa shape index (κ1) is 26.0. The number of likely N-dealkylation sites (N-methyl/N-ethyl adjacent to an activating group) is 1. The lowest BCUT2D eigenvalue weighted by Gasteiger charge is -2.64. The molecule has 1 saturated heterocycles. The van der Waals surface area contributed by atoms with Crippen molar-refractivity contribution in [1.29, 1.82) is 0 Å². The number of nitrogens with zero attached hydrogens (tertiary/aromatic N) is 2. The van der Waals surface area contributed by atoms with Gasteiger partial charge in [0.15, 0.2) is 11.5 Å². The standard InChI is InChI=1S/C30H31F3N2O4/c1-3-15-35-16-14-28-25-19-8-10-22(36)26(25)39-27(28)21(12-13-29(28,38)23(35)17-19)34(2)24(37)11-9-18-6-4-5-7-20(18)30(31,32)33/h3-11,21,23,27,36,38H,1,12-17H2,2H3/b11-9+/t21?,23-,27?,28+,29-/m1/s1. The topological polar surface area (TPSA) is 73.2 Å². The van der Waals surface area contributed by atoms with Crippen LogP contribution in [0.3, 0.4) is 0 Å². The molecular weight excluding hydrogens is 509 g/mol. The summed E-state index contributed by atoms with van der Waals surface area (Å²) < 4.78 is 46.8. The zero-order valence-corrected chi connectivity index (χ0v) is 21.6. The SMILES string of the molecule is C=CCN1CC[C@]23c4c5ccc(O)c4OC2C(N(C)C(=O)/C=C/c2ccccc2C(F)(F)F)CC[C@@]3(O)[C@H]1C5. The second kappa shape index (κ2) is 8.86. The van der Waals surface area contributed by atoms with Crippen molar-refractivity contribution in [2.45, 2.75) is 61.1 Å². The lowest BCUT2D eigenvalue weighted by molar-refractivity contribution is -0.198. The highest BCUT2D eigenvalue weighted by molar-refractivity contribution is 5.92. The molecule has 2 aliphatic carbocycles. The molecule has 1 amide bonds. The number of aliphatic hydroxyl groups is 1. The van der Waals surface area contributed by atoms with Crippen LogP contribution in [0.15, 0.2) is 55.1 Å². The molecule has 2 aromatic rings. The highest BCUT2D eigenvalue weighted by atomic mass is 19.4. The van der Waals surface area contributed by atoms with Crippen molar-refractivity contribution in [2.24, 2.45) is 0 Å². The van der Waals surface area contributed by atoms with Gasteiger partial charge in [0.1, 0.15) is 6.10 Å². The number of phenolic OH excluding ortho intramolecular Hbond substituents is 1. The molecule has 2 fully saturated rings. The number of amides is 1. The van der Waals surface area contributed by atoms with Crippen molar-refractivity contribution in [3.63, 3.8) is 0 Å². The molecule has 0 radical (unpaired) electrons. The molecule has 2 unspecified atom stereocenters. The van der Waals surface area contributed by atoms with E-state index in [1.54, 1.807) is 13.1 Å². The molecular formula is C30H31F3N2O4. The van der Waals surface area contributed by atoms with Gasteiger partial charge in [-0.1, -0.05) is 30.3 Å². The number of likely N-dealkylation sites (tertiary alicyclic amines) is 1. The van der Waals surface area contributed by atoms with Gasteiger partial charge >= 0.3 is 6.18 Å². The van der Waals surface area contributed by atoms with Crippen LogP contribution in [-0.2, 0) is 22.8 Å². The Kier molecular flexibility index (Phi) is 5.89. The summed E-state index contributed by atoms with van der Waals surface area (Å²) in [6.45, 7) is 5.23. The largest absolute Gasteiger partial charge is 0.504 e. The molecule has 0 aromatic heterocycles. The minimum Gasteiger partial charge on any atom is -0.504 e. The second-order valence-electron chi connectivity index (χ2n) is 11.1. The van der Waals surface area contributed by atoms with Crippen LogP contribution >= 0.6 is 0 Å². The fraction of sp³-hybridized carbons (Fsp3) is 0.433. The Morgan fingerprint density at radius 1 is 1.26 bits per heavy atom. The predicted octanol–water partition coefficient (Wildman–Crippen LogP) is 4.29. The van der Waals surface area contributed by atoms with E-state index in [-0.39, 0.29) is 17.4 Å². The number of piperidine rings is 1. The Labute approximate surface area is 225 Å². The number of aromatic hydroxyl groups is 1. The van der Waals surface area contributed by atoms with Crippen molar-refractivity contribution in [2.75, 3.05) is 20.1 Å². The molecule has 5 atom stereocenters. The first-order valence-electron chi connectivity index (χ1n) is 13.2. The third kappa shape index (κ3) is 3.59. The third-order valence-corrected chi connectivity index (χ3v) is 9.42. The van der Waals surface area contributed by atoms with Crippen molar-refractivity contribution in [3.8, 4) is 11.5 Å². The minimum absolute atomic E-state index is 0.00299. The average molecular weight is 541 g/mol.